The number of unbranched alkanes of at least 4 members (excludes halogenated alkanes) is 36. The number of aliphatic hydroxyl groups excluding tert-OH is 3. The van der Waals surface area contributed by atoms with Crippen molar-refractivity contribution in [1.82, 2.24) is 5.32 Å². The SMILES string of the molecule is CCCCCCCCCCCCCCCCCCCCCCCCC(=O)N[C@@H](CO)[C@H](O)[C@H](O)CCCCCCCCCCCCCCCCCC. The van der Waals surface area contributed by atoms with Crippen molar-refractivity contribution in [3.05, 3.63) is 0 Å². The van der Waals surface area contributed by atoms with Crippen molar-refractivity contribution in [2.24, 2.45) is 0 Å². The molecule has 0 aromatic carbocycles. The summed E-state index contributed by atoms with van der Waals surface area (Å²) in [6, 6.07) is -0.803. The Bertz CT molecular complexity index is 688. The standard InChI is InChI=1S/C47H95NO4/c1-3-5-7-9-11-13-15-17-19-21-22-23-24-25-26-28-30-32-34-36-38-40-42-46(51)48-44(43-49)47(52)45(50)41-39-37-35-33-31-29-27-20-18-16-14-12-10-8-6-4-2/h44-45,47,49-50,52H,3-43H2,1-2H3,(H,48,51)/t44-,45+,47-/m0/s1. The molecule has 0 aliphatic rings. The Morgan fingerprint density at radius 2 is 0.654 bits per heavy atom. The summed E-state index contributed by atoms with van der Waals surface area (Å²) in [5.41, 5.74) is 0. The van der Waals surface area contributed by atoms with E-state index in [0.29, 0.717) is 12.8 Å². The largest absolute Gasteiger partial charge is 0.394 e. The van der Waals surface area contributed by atoms with Crippen molar-refractivity contribution in [1.29, 1.82) is 0 Å². The average Bonchev–Trinajstić information content (AvgIpc) is 3.15. The minimum atomic E-state index is -1.13. The van der Waals surface area contributed by atoms with Gasteiger partial charge in [-0.05, 0) is 12.8 Å². The lowest BCUT2D eigenvalue weighted by Gasteiger charge is -2.26. The van der Waals surface area contributed by atoms with Crippen LogP contribution in [0.5, 0.6) is 0 Å². The number of aliphatic hydroxyl groups is 3. The molecule has 0 spiro atoms. The van der Waals surface area contributed by atoms with Crippen molar-refractivity contribution in [3.63, 3.8) is 0 Å². The molecule has 1 amide bonds. The Kier molecular flexibility index (Phi) is 42.5. The van der Waals surface area contributed by atoms with Gasteiger partial charge in [0.1, 0.15) is 6.10 Å². The second-order valence-electron chi connectivity index (χ2n) is 16.7. The Morgan fingerprint density at radius 3 is 0.923 bits per heavy atom. The van der Waals surface area contributed by atoms with Crippen LogP contribution in [0.15, 0.2) is 0 Å². The van der Waals surface area contributed by atoms with Crippen molar-refractivity contribution in [2.75, 3.05) is 6.61 Å². The minimum absolute atomic E-state index is 0.138. The average molecular weight is 738 g/mol. The third-order valence-corrected chi connectivity index (χ3v) is 11.5. The second kappa shape index (κ2) is 43.1. The van der Waals surface area contributed by atoms with Gasteiger partial charge in [0, 0.05) is 6.42 Å². The number of hydrogen-bond acceptors (Lipinski definition) is 4. The molecule has 5 heteroatoms. The number of amides is 1. The van der Waals surface area contributed by atoms with Crippen molar-refractivity contribution in [3.8, 4) is 0 Å². The van der Waals surface area contributed by atoms with Crippen LogP contribution in [0.2, 0.25) is 0 Å². The van der Waals surface area contributed by atoms with Crippen LogP contribution in [0.25, 0.3) is 0 Å². The normalized spacial score (nSPS) is 13.4. The van der Waals surface area contributed by atoms with Crippen LogP contribution < -0.4 is 5.32 Å². The summed E-state index contributed by atoms with van der Waals surface area (Å²) < 4.78 is 0. The van der Waals surface area contributed by atoms with Crippen molar-refractivity contribution >= 4 is 5.91 Å². The zero-order chi connectivity index (χ0) is 38.0. The highest BCUT2D eigenvalue weighted by molar-refractivity contribution is 5.76. The minimum Gasteiger partial charge on any atom is -0.394 e. The van der Waals surface area contributed by atoms with Crippen LogP contribution in [-0.4, -0.2) is 46.1 Å². The fourth-order valence-electron chi connectivity index (χ4n) is 7.75. The van der Waals surface area contributed by atoms with E-state index in [1.54, 1.807) is 0 Å². The zero-order valence-electron chi connectivity index (χ0n) is 35.5. The van der Waals surface area contributed by atoms with Crippen LogP contribution >= 0.6 is 0 Å². The maximum atomic E-state index is 12.5. The third-order valence-electron chi connectivity index (χ3n) is 11.5. The number of nitrogens with one attached hydrogen (secondary N) is 1. The third kappa shape index (κ3) is 37.7. The summed E-state index contributed by atoms with van der Waals surface area (Å²) in [6.45, 7) is 4.21. The van der Waals surface area contributed by atoms with Crippen LogP contribution in [0.1, 0.15) is 271 Å². The van der Waals surface area contributed by atoms with Crippen LogP contribution in [0, 0.1) is 0 Å². The number of rotatable bonds is 44. The molecule has 0 rings (SSSR count). The molecule has 0 fully saturated rings. The molecule has 52 heavy (non-hydrogen) atoms. The molecule has 0 unspecified atom stereocenters. The van der Waals surface area contributed by atoms with Crippen LogP contribution in [0.4, 0.5) is 0 Å². The summed E-state index contributed by atoms with van der Waals surface area (Å²) >= 11 is 0. The van der Waals surface area contributed by atoms with E-state index in [2.05, 4.69) is 19.2 Å². The predicted octanol–water partition coefficient (Wildman–Crippen LogP) is 13.8. The molecule has 5 nitrogen and oxygen atoms in total. The molecular formula is C47H95NO4. The summed E-state index contributed by atoms with van der Waals surface area (Å²) in [4.78, 5) is 12.5. The number of carbonyl (C=O) groups is 1. The van der Waals surface area contributed by atoms with E-state index in [-0.39, 0.29) is 12.5 Å². The van der Waals surface area contributed by atoms with E-state index in [1.807, 2.05) is 0 Å². The van der Waals surface area contributed by atoms with Crippen molar-refractivity contribution < 1.29 is 20.1 Å². The molecule has 0 radical (unpaired) electrons. The van der Waals surface area contributed by atoms with Gasteiger partial charge in [0.15, 0.2) is 0 Å². The maximum Gasteiger partial charge on any atom is 0.220 e. The van der Waals surface area contributed by atoms with Crippen LogP contribution in [0.3, 0.4) is 0 Å². The Morgan fingerprint density at radius 1 is 0.404 bits per heavy atom. The first kappa shape index (κ1) is 51.4. The van der Waals surface area contributed by atoms with Crippen LogP contribution in [-0.2, 0) is 4.79 Å². The van der Waals surface area contributed by atoms with Gasteiger partial charge < -0.3 is 20.6 Å². The van der Waals surface area contributed by atoms with E-state index in [0.717, 1.165) is 32.1 Å². The monoisotopic (exact) mass is 738 g/mol. The van der Waals surface area contributed by atoms with Crippen molar-refractivity contribution in [2.45, 2.75) is 289 Å². The Hall–Kier alpha value is -0.650. The summed E-state index contributed by atoms with van der Waals surface area (Å²) in [5.74, 6) is -0.138. The molecule has 0 bridgehead atoms. The first-order chi connectivity index (χ1) is 25.6. The van der Waals surface area contributed by atoms with Gasteiger partial charge in [-0.15, -0.1) is 0 Å². The molecule has 0 saturated carbocycles. The molecule has 0 aliphatic carbocycles. The molecule has 3 atom stereocenters. The fraction of sp³-hybridized carbons (Fsp3) is 0.979. The second-order valence-corrected chi connectivity index (χ2v) is 16.7. The first-order valence-corrected chi connectivity index (χ1v) is 23.8. The summed E-state index contributed by atoms with van der Waals surface area (Å²) in [5, 5.41) is 33.6. The molecule has 0 heterocycles. The fourth-order valence-corrected chi connectivity index (χ4v) is 7.75. The Labute approximate surface area is 326 Å². The molecule has 0 aromatic rings. The smallest absolute Gasteiger partial charge is 0.220 e. The van der Waals surface area contributed by atoms with Gasteiger partial charge in [-0.2, -0.15) is 0 Å². The van der Waals surface area contributed by atoms with Gasteiger partial charge in [0.25, 0.3) is 0 Å². The zero-order valence-corrected chi connectivity index (χ0v) is 35.5. The van der Waals surface area contributed by atoms with E-state index < -0.39 is 18.2 Å². The van der Waals surface area contributed by atoms with E-state index in [9.17, 15) is 20.1 Å². The van der Waals surface area contributed by atoms with Gasteiger partial charge >= 0.3 is 0 Å². The van der Waals surface area contributed by atoms with Gasteiger partial charge in [-0.1, -0.05) is 251 Å². The highest BCUT2D eigenvalue weighted by Gasteiger charge is 2.26. The molecule has 0 saturated heterocycles. The van der Waals surface area contributed by atoms with E-state index in [4.69, 9.17) is 0 Å². The van der Waals surface area contributed by atoms with E-state index in [1.165, 1.54) is 212 Å². The molecule has 0 aliphatic heterocycles. The summed E-state index contributed by atoms with van der Waals surface area (Å²) in [6.07, 6.45) is 49.3. The summed E-state index contributed by atoms with van der Waals surface area (Å²) in [7, 11) is 0. The van der Waals surface area contributed by atoms with Gasteiger partial charge in [-0.3, -0.25) is 4.79 Å². The highest BCUT2D eigenvalue weighted by atomic mass is 16.3. The predicted molar refractivity (Wildman–Crippen MR) is 227 cm³/mol. The highest BCUT2D eigenvalue weighted by Crippen LogP contribution is 2.17. The topological polar surface area (TPSA) is 89.8 Å². The van der Waals surface area contributed by atoms with E-state index >= 15 is 0 Å². The lowest BCUT2D eigenvalue weighted by Crippen LogP contribution is -2.50. The maximum absolute atomic E-state index is 12.5. The van der Waals surface area contributed by atoms with Gasteiger partial charge in [-0.25, -0.2) is 0 Å². The molecule has 4 N–H and O–H groups in total. The lowest BCUT2D eigenvalue weighted by atomic mass is 9.99. The molecule has 312 valence electrons. The Balaban J connectivity index is 3.54. The van der Waals surface area contributed by atoms with Gasteiger partial charge in [0.2, 0.25) is 5.91 Å². The quantitative estimate of drug-likeness (QED) is 0.0469. The number of hydrogen-bond donors (Lipinski definition) is 4. The number of carbonyl (C=O) groups excluding carboxylic acids is 1. The lowest BCUT2D eigenvalue weighted by molar-refractivity contribution is -0.124. The molecule has 0 aromatic heterocycles. The first-order valence-electron chi connectivity index (χ1n) is 23.8. The molecular weight excluding hydrogens is 643 g/mol. The van der Waals surface area contributed by atoms with Gasteiger partial charge in [0.05, 0.1) is 18.8 Å².